The Morgan fingerprint density at radius 1 is 0.900 bits per heavy atom. The average molecular weight is 282 g/mol. The van der Waals surface area contributed by atoms with Crippen molar-refractivity contribution in [3.63, 3.8) is 0 Å². The Balaban J connectivity index is 1.73. The molecule has 0 aromatic heterocycles. The number of hydrogen-bond acceptors (Lipinski definition) is 3. The number of nitrogens with zero attached hydrogens (tertiary/aromatic N) is 3. The number of rotatable bonds is 3. The van der Waals surface area contributed by atoms with E-state index in [2.05, 4.69) is 10.2 Å². The SMILES string of the molecule is CCNC(=O)CN1CCN(C(=O)N2CCCCC2)CC1. The Morgan fingerprint density at radius 2 is 1.50 bits per heavy atom. The van der Waals surface area contributed by atoms with Crippen molar-refractivity contribution in [2.45, 2.75) is 26.2 Å². The van der Waals surface area contributed by atoms with Gasteiger partial charge in [0.1, 0.15) is 0 Å². The molecular weight excluding hydrogens is 256 g/mol. The van der Waals surface area contributed by atoms with E-state index >= 15 is 0 Å². The minimum Gasteiger partial charge on any atom is -0.355 e. The molecule has 2 heterocycles. The molecule has 0 radical (unpaired) electrons. The number of piperazine rings is 1. The lowest BCUT2D eigenvalue weighted by Gasteiger charge is -2.38. The maximum Gasteiger partial charge on any atom is 0.320 e. The first kappa shape index (κ1) is 15.1. The first-order valence-corrected chi connectivity index (χ1v) is 7.73. The van der Waals surface area contributed by atoms with E-state index in [1.807, 2.05) is 16.7 Å². The second-order valence-electron chi connectivity index (χ2n) is 5.55. The van der Waals surface area contributed by atoms with Gasteiger partial charge in [0.25, 0.3) is 0 Å². The van der Waals surface area contributed by atoms with Crippen LogP contribution in [0.4, 0.5) is 4.79 Å². The van der Waals surface area contributed by atoms with Crippen molar-refractivity contribution in [2.24, 2.45) is 0 Å². The van der Waals surface area contributed by atoms with Crippen LogP contribution in [0.5, 0.6) is 0 Å². The summed E-state index contributed by atoms with van der Waals surface area (Å²) in [5, 5.41) is 2.81. The van der Waals surface area contributed by atoms with E-state index in [4.69, 9.17) is 0 Å². The van der Waals surface area contributed by atoms with Gasteiger partial charge in [-0.3, -0.25) is 9.69 Å². The van der Waals surface area contributed by atoms with Gasteiger partial charge >= 0.3 is 6.03 Å². The summed E-state index contributed by atoms with van der Waals surface area (Å²) < 4.78 is 0. The maximum atomic E-state index is 12.3. The lowest BCUT2D eigenvalue weighted by Crippen LogP contribution is -2.54. The summed E-state index contributed by atoms with van der Waals surface area (Å²) in [6.07, 6.45) is 3.50. The summed E-state index contributed by atoms with van der Waals surface area (Å²) in [5.41, 5.74) is 0. The first-order chi connectivity index (χ1) is 9.70. The molecule has 2 fully saturated rings. The summed E-state index contributed by atoms with van der Waals surface area (Å²) in [6, 6.07) is 0.183. The van der Waals surface area contributed by atoms with Crippen LogP contribution in [-0.4, -0.2) is 79.0 Å². The monoisotopic (exact) mass is 282 g/mol. The molecular formula is C14H26N4O2. The summed E-state index contributed by atoms with van der Waals surface area (Å²) in [5.74, 6) is 0.0725. The van der Waals surface area contributed by atoms with Gasteiger partial charge in [-0.05, 0) is 26.2 Å². The van der Waals surface area contributed by atoms with E-state index in [1.54, 1.807) is 0 Å². The number of piperidine rings is 1. The molecule has 1 N–H and O–H groups in total. The fraction of sp³-hybridized carbons (Fsp3) is 0.857. The van der Waals surface area contributed by atoms with Crippen LogP contribution in [0.25, 0.3) is 0 Å². The number of carbonyl (C=O) groups is 2. The fourth-order valence-corrected chi connectivity index (χ4v) is 2.84. The zero-order valence-electron chi connectivity index (χ0n) is 12.4. The van der Waals surface area contributed by atoms with Crippen molar-refractivity contribution in [1.29, 1.82) is 0 Å². The van der Waals surface area contributed by atoms with Crippen LogP contribution in [0.2, 0.25) is 0 Å². The summed E-state index contributed by atoms with van der Waals surface area (Å²) in [6.45, 7) is 7.88. The highest BCUT2D eigenvalue weighted by atomic mass is 16.2. The topological polar surface area (TPSA) is 55.9 Å². The molecule has 0 atom stereocenters. The van der Waals surface area contributed by atoms with Crippen molar-refractivity contribution in [3.05, 3.63) is 0 Å². The van der Waals surface area contributed by atoms with Crippen LogP contribution >= 0.6 is 0 Å². The minimum absolute atomic E-state index is 0.0725. The van der Waals surface area contributed by atoms with Gasteiger partial charge in [-0.25, -0.2) is 4.79 Å². The number of urea groups is 1. The Morgan fingerprint density at radius 3 is 2.10 bits per heavy atom. The highest BCUT2D eigenvalue weighted by Crippen LogP contribution is 2.12. The normalized spacial score (nSPS) is 20.9. The largest absolute Gasteiger partial charge is 0.355 e. The molecule has 6 heteroatoms. The van der Waals surface area contributed by atoms with Crippen LogP contribution in [-0.2, 0) is 4.79 Å². The van der Waals surface area contributed by atoms with Crippen molar-refractivity contribution >= 4 is 11.9 Å². The number of likely N-dealkylation sites (tertiary alicyclic amines) is 1. The van der Waals surface area contributed by atoms with E-state index in [1.165, 1.54) is 6.42 Å². The van der Waals surface area contributed by atoms with Gasteiger partial charge in [0.05, 0.1) is 6.54 Å². The van der Waals surface area contributed by atoms with Gasteiger partial charge in [0.2, 0.25) is 5.91 Å². The van der Waals surface area contributed by atoms with E-state index in [0.717, 1.165) is 52.1 Å². The predicted octanol–water partition coefficient (Wildman–Crippen LogP) is 0.346. The minimum atomic E-state index is 0.0725. The zero-order valence-corrected chi connectivity index (χ0v) is 12.4. The van der Waals surface area contributed by atoms with Gasteiger partial charge in [-0.1, -0.05) is 0 Å². The lowest BCUT2D eigenvalue weighted by atomic mass is 10.1. The molecule has 2 rings (SSSR count). The lowest BCUT2D eigenvalue weighted by molar-refractivity contribution is -0.122. The molecule has 0 aliphatic carbocycles. The van der Waals surface area contributed by atoms with Gasteiger partial charge < -0.3 is 15.1 Å². The summed E-state index contributed by atoms with van der Waals surface area (Å²) in [7, 11) is 0. The molecule has 2 aliphatic heterocycles. The molecule has 0 saturated carbocycles. The van der Waals surface area contributed by atoms with Crippen LogP contribution in [0.3, 0.4) is 0 Å². The van der Waals surface area contributed by atoms with Gasteiger partial charge in [-0.2, -0.15) is 0 Å². The van der Waals surface area contributed by atoms with E-state index in [9.17, 15) is 9.59 Å². The average Bonchev–Trinajstić information content (AvgIpc) is 2.48. The molecule has 2 aliphatic rings. The van der Waals surface area contributed by atoms with Crippen LogP contribution < -0.4 is 5.32 Å². The molecule has 0 aromatic rings. The highest BCUT2D eigenvalue weighted by molar-refractivity contribution is 5.78. The summed E-state index contributed by atoms with van der Waals surface area (Å²) >= 11 is 0. The smallest absolute Gasteiger partial charge is 0.320 e. The number of hydrogen-bond donors (Lipinski definition) is 1. The Bertz CT molecular complexity index is 334. The number of likely N-dealkylation sites (N-methyl/N-ethyl adjacent to an activating group) is 1. The third-order valence-corrected chi connectivity index (χ3v) is 4.01. The van der Waals surface area contributed by atoms with Gasteiger partial charge in [0.15, 0.2) is 0 Å². The highest BCUT2D eigenvalue weighted by Gasteiger charge is 2.26. The van der Waals surface area contributed by atoms with Crippen LogP contribution in [0.15, 0.2) is 0 Å². The van der Waals surface area contributed by atoms with Crippen LogP contribution in [0, 0.1) is 0 Å². The quantitative estimate of drug-likeness (QED) is 0.812. The number of amides is 3. The van der Waals surface area contributed by atoms with Crippen molar-refractivity contribution < 1.29 is 9.59 Å². The Kier molecular flexibility index (Phi) is 5.64. The third kappa shape index (κ3) is 4.10. The molecule has 114 valence electrons. The maximum absolute atomic E-state index is 12.3. The standard InChI is InChI=1S/C14H26N4O2/c1-2-15-13(19)12-16-8-10-18(11-9-16)14(20)17-6-4-3-5-7-17/h2-12H2,1H3,(H,15,19). The number of nitrogens with one attached hydrogen (secondary N) is 1. The third-order valence-electron chi connectivity index (χ3n) is 4.01. The molecule has 3 amide bonds. The molecule has 0 bridgehead atoms. The molecule has 0 spiro atoms. The zero-order chi connectivity index (χ0) is 14.4. The molecule has 0 aromatic carbocycles. The second kappa shape index (κ2) is 7.47. The van der Waals surface area contributed by atoms with E-state index < -0.39 is 0 Å². The Labute approximate surface area is 121 Å². The van der Waals surface area contributed by atoms with Crippen molar-refractivity contribution in [3.8, 4) is 0 Å². The van der Waals surface area contributed by atoms with Gasteiger partial charge in [0, 0.05) is 45.8 Å². The second-order valence-corrected chi connectivity index (χ2v) is 5.55. The molecule has 2 saturated heterocycles. The molecule has 0 unspecified atom stereocenters. The predicted molar refractivity (Wildman–Crippen MR) is 77.5 cm³/mol. The van der Waals surface area contributed by atoms with Gasteiger partial charge in [-0.15, -0.1) is 0 Å². The number of carbonyl (C=O) groups excluding carboxylic acids is 2. The van der Waals surface area contributed by atoms with Crippen molar-refractivity contribution in [1.82, 2.24) is 20.0 Å². The molecule has 20 heavy (non-hydrogen) atoms. The van der Waals surface area contributed by atoms with Crippen LogP contribution in [0.1, 0.15) is 26.2 Å². The Hall–Kier alpha value is -1.30. The van der Waals surface area contributed by atoms with E-state index in [-0.39, 0.29) is 11.9 Å². The fourth-order valence-electron chi connectivity index (χ4n) is 2.84. The van der Waals surface area contributed by atoms with Crippen molar-refractivity contribution in [2.75, 3.05) is 52.4 Å². The summed E-state index contributed by atoms with van der Waals surface area (Å²) in [4.78, 5) is 29.9. The van der Waals surface area contributed by atoms with E-state index in [0.29, 0.717) is 13.1 Å². The first-order valence-electron chi connectivity index (χ1n) is 7.73. The molecule has 6 nitrogen and oxygen atoms in total.